The molecule has 0 saturated carbocycles. The van der Waals surface area contributed by atoms with Gasteiger partial charge in [0.2, 0.25) is 0 Å². The number of hydrogen-bond donors (Lipinski definition) is 0. The Labute approximate surface area is 105 Å². The SMILES string of the molecule is CCCCC(=O)[C@H]1OC(C)(C)O[C@@H]1CC(C)C. The molecule has 17 heavy (non-hydrogen) atoms. The van der Waals surface area contributed by atoms with Crippen molar-refractivity contribution in [3.05, 3.63) is 0 Å². The van der Waals surface area contributed by atoms with Gasteiger partial charge in [-0.05, 0) is 32.6 Å². The number of hydrogen-bond acceptors (Lipinski definition) is 3. The molecule has 1 fully saturated rings. The highest BCUT2D eigenvalue weighted by Crippen LogP contribution is 2.32. The second-order valence-corrected chi connectivity index (χ2v) is 5.79. The van der Waals surface area contributed by atoms with Crippen molar-refractivity contribution < 1.29 is 14.3 Å². The van der Waals surface area contributed by atoms with Crippen LogP contribution in [0.15, 0.2) is 0 Å². The van der Waals surface area contributed by atoms with E-state index in [-0.39, 0.29) is 18.0 Å². The predicted molar refractivity (Wildman–Crippen MR) is 67.8 cm³/mol. The van der Waals surface area contributed by atoms with Crippen molar-refractivity contribution in [3.8, 4) is 0 Å². The maximum Gasteiger partial charge on any atom is 0.164 e. The molecule has 0 amide bonds. The van der Waals surface area contributed by atoms with E-state index in [1.807, 2.05) is 13.8 Å². The third-order valence-electron chi connectivity index (χ3n) is 2.98. The molecule has 0 unspecified atom stereocenters. The Morgan fingerprint density at radius 3 is 2.47 bits per heavy atom. The smallest absolute Gasteiger partial charge is 0.164 e. The van der Waals surface area contributed by atoms with Gasteiger partial charge in [-0.15, -0.1) is 0 Å². The van der Waals surface area contributed by atoms with E-state index >= 15 is 0 Å². The van der Waals surface area contributed by atoms with Crippen LogP contribution in [0.2, 0.25) is 0 Å². The van der Waals surface area contributed by atoms with Crippen LogP contribution in [-0.4, -0.2) is 23.8 Å². The molecule has 1 aliphatic rings. The summed E-state index contributed by atoms with van der Waals surface area (Å²) in [6, 6.07) is 0. The highest BCUT2D eigenvalue weighted by molar-refractivity contribution is 5.84. The Morgan fingerprint density at radius 2 is 1.94 bits per heavy atom. The summed E-state index contributed by atoms with van der Waals surface area (Å²) in [5.74, 6) is 0.0913. The molecule has 0 bridgehead atoms. The first kappa shape index (κ1) is 14.7. The lowest BCUT2D eigenvalue weighted by atomic mass is 9.97. The summed E-state index contributed by atoms with van der Waals surface area (Å²) in [6.07, 6.45) is 3.03. The zero-order valence-electron chi connectivity index (χ0n) is 11.8. The monoisotopic (exact) mass is 242 g/mol. The quantitative estimate of drug-likeness (QED) is 0.717. The fourth-order valence-corrected chi connectivity index (χ4v) is 2.24. The minimum atomic E-state index is -0.619. The van der Waals surface area contributed by atoms with Gasteiger partial charge in [-0.2, -0.15) is 0 Å². The minimum absolute atomic E-state index is 0.0747. The average molecular weight is 242 g/mol. The van der Waals surface area contributed by atoms with Crippen molar-refractivity contribution in [3.63, 3.8) is 0 Å². The third kappa shape index (κ3) is 4.40. The average Bonchev–Trinajstić information content (AvgIpc) is 2.49. The van der Waals surface area contributed by atoms with E-state index in [0.717, 1.165) is 19.3 Å². The van der Waals surface area contributed by atoms with Crippen LogP contribution in [0, 0.1) is 5.92 Å². The van der Waals surface area contributed by atoms with E-state index in [1.54, 1.807) is 0 Å². The van der Waals surface area contributed by atoms with Crippen LogP contribution in [0.25, 0.3) is 0 Å². The lowest BCUT2D eigenvalue weighted by Crippen LogP contribution is -2.32. The van der Waals surface area contributed by atoms with Gasteiger partial charge in [0.05, 0.1) is 6.10 Å². The van der Waals surface area contributed by atoms with E-state index in [9.17, 15) is 4.79 Å². The van der Waals surface area contributed by atoms with Crippen molar-refractivity contribution in [1.29, 1.82) is 0 Å². The fourth-order valence-electron chi connectivity index (χ4n) is 2.24. The molecule has 0 aliphatic carbocycles. The minimum Gasteiger partial charge on any atom is -0.344 e. The van der Waals surface area contributed by atoms with Crippen LogP contribution in [0.3, 0.4) is 0 Å². The van der Waals surface area contributed by atoms with Crippen molar-refractivity contribution in [2.75, 3.05) is 0 Å². The molecular formula is C14H26O3. The zero-order chi connectivity index (χ0) is 13.1. The van der Waals surface area contributed by atoms with Crippen LogP contribution in [0.5, 0.6) is 0 Å². The van der Waals surface area contributed by atoms with Crippen LogP contribution in [0.4, 0.5) is 0 Å². The molecule has 1 heterocycles. The number of rotatable bonds is 6. The molecule has 1 saturated heterocycles. The summed E-state index contributed by atoms with van der Waals surface area (Å²) >= 11 is 0. The van der Waals surface area contributed by atoms with Gasteiger partial charge in [-0.25, -0.2) is 0 Å². The molecule has 0 aromatic rings. The fraction of sp³-hybridized carbons (Fsp3) is 0.929. The second-order valence-electron chi connectivity index (χ2n) is 5.79. The first-order valence-corrected chi connectivity index (χ1v) is 6.74. The summed E-state index contributed by atoms with van der Waals surface area (Å²) in [7, 11) is 0. The Kier molecular flexibility index (Phi) is 5.14. The number of ketones is 1. The van der Waals surface area contributed by atoms with Crippen LogP contribution < -0.4 is 0 Å². The lowest BCUT2D eigenvalue weighted by Gasteiger charge is -2.17. The molecule has 0 aromatic heterocycles. The van der Waals surface area contributed by atoms with Crippen LogP contribution in [-0.2, 0) is 14.3 Å². The van der Waals surface area contributed by atoms with E-state index in [2.05, 4.69) is 20.8 Å². The molecule has 0 spiro atoms. The standard InChI is InChI=1S/C14H26O3/c1-6-7-8-11(15)13-12(9-10(2)3)16-14(4,5)17-13/h10,12-13H,6-9H2,1-5H3/t12-,13-/m1/s1. The lowest BCUT2D eigenvalue weighted by molar-refractivity contribution is -0.155. The van der Waals surface area contributed by atoms with Crippen LogP contribution >= 0.6 is 0 Å². The van der Waals surface area contributed by atoms with E-state index < -0.39 is 5.79 Å². The summed E-state index contributed by atoms with van der Waals surface area (Å²) < 4.78 is 11.6. The Bertz CT molecular complexity index is 258. The first-order chi connectivity index (χ1) is 7.85. The molecular weight excluding hydrogens is 216 g/mol. The number of Topliss-reactive ketones (excluding diaryl/α,β-unsaturated/α-hetero) is 1. The predicted octanol–water partition coefficient (Wildman–Crippen LogP) is 3.31. The summed E-state index contributed by atoms with van der Waals surface area (Å²) in [5.41, 5.74) is 0. The van der Waals surface area contributed by atoms with E-state index in [0.29, 0.717) is 12.3 Å². The van der Waals surface area contributed by atoms with Gasteiger partial charge < -0.3 is 9.47 Å². The second kappa shape index (κ2) is 5.96. The van der Waals surface area contributed by atoms with Crippen LogP contribution in [0.1, 0.15) is 60.3 Å². The Balaban J connectivity index is 2.63. The molecule has 3 nitrogen and oxygen atoms in total. The third-order valence-corrected chi connectivity index (χ3v) is 2.98. The van der Waals surface area contributed by atoms with Gasteiger partial charge in [-0.1, -0.05) is 27.2 Å². The normalized spacial score (nSPS) is 27.6. The molecule has 0 N–H and O–H groups in total. The number of ether oxygens (including phenoxy) is 2. The topological polar surface area (TPSA) is 35.5 Å². The molecule has 1 rings (SSSR count). The van der Waals surface area contributed by atoms with E-state index in [4.69, 9.17) is 9.47 Å². The van der Waals surface area contributed by atoms with Crippen molar-refractivity contribution in [2.45, 2.75) is 78.3 Å². The summed E-state index contributed by atoms with van der Waals surface area (Å²) in [6.45, 7) is 10.1. The first-order valence-electron chi connectivity index (χ1n) is 6.74. The molecule has 100 valence electrons. The molecule has 2 atom stereocenters. The van der Waals surface area contributed by atoms with E-state index in [1.165, 1.54) is 0 Å². The maximum atomic E-state index is 12.1. The van der Waals surface area contributed by atoms with Gasteiger partial charge in [0.25, 0.3) is 0 Å². The maximum absolute atomic E-state index is 12.1. The van der Waals surface area contributed by atoms with Gasteiger partial charge in [0, 0.05) is 6.42 Å². The zero-order valence-corrected chi connectivity index (χ0v) is 11.8. The van der Waals surface area contributed by atoms with Gasteiger partial charge >= 0.3 is 0 Å². The van der Waals surface area contributed by atoms with Crippen molar-refractivity contribution in [2.24, 2.45) is 5.92 Å². The number of carbonyl (C=O) groups is 1. The van der Waals surface area contributed by atoms with Crippen molar-refractivity contribution >= 4 is 5.78 Å². The Hall–Kier alpha value is -0.410. The summed E-state index contributed by atoms with van der Waals surface area (Å²) in [4.78, 5) is 12.1. The number of unbranched alkanes of at least 4 members (excludes halogenated alkanes) is 1. The largest absolute Gasteiger partial charge is 0.344 e. The molecule has 0 radical (unpaired) electrons. The van der Waals surface area contributed by atoms with Crippen molar-refractivity contribution in [1.82, 2.24) is 0 Å². The number of carbonyl (C=O) groups excluding carboxylic acids is 1. The molecule has 1 aliphatic heterocycles. The van der Waals surface area contributed by atoms with Gasteiger partial charge in [0.15, 0.2) is 11.6 Å². The highest BCUT2D eigenvalue weighted by atomic mass is 16.8. The molecule has 3 heteroatoms. The summed E-state index contributed by atoms with van der Waals surface area (Å²) in [5, 5.41) is 0. The molecule has 0 aromatic carbocycles. The van der Waals surface area contributed by atoms with Gasteiger partial charge in [-0.3, -0.25) is 4.79 Å². The highest BCUT2D eigenvalue weighted by Gasteiger charge is 2.44. The van der Waals surface area contributed by atoms with Gasteiger partial charge in [0.1, 0.15) is 6.10 Å². The Morgan fingerprint density at radius 1 is 1.29 bits per heavy atom.